The lowest BCUT2D eigenvalue weighted by Gasteiger charge is -2.35. The molecule has 0 spiro atoms. The number of thiophene rings is 1. The second kappa shape index (κ2) is 9.26. The van der Waals surface area contributed by atoms with Crippen LogP contribution in [0, 0.1) is 0 Å². The Bertz CT molecular complexity index is 1260. The Hall–Kier alpha value is -2.72. The van der Waals surface area contributed by atoms with E-state index in [4.69, 9.17) is 4.74 Å². The van der Waals surface area contributed by atoms with E-state index >= 15 is 0 Å². The van der Waals surface area contributed by atoms with Crippen LogP contribution in [-0.4, -0.2) is 63.9 Å². The summed E-state index contributed by atoms with van der Waals surface area (Å²) in [5.74, 6) is 1.35. The number of nitrogens with one attached hydrogen (secondary N) is 1. The van der Waals surface area contributed by atoms with Crippen molar-refractivity contribution < 1.29 is 13.2 Å². The average molecular weight is 483 g/mol. The van der Waals surface area contributed by atoms with Crippen LogP contribution in [0.2, 0.25) is 0 Å². The lowest BCUT2D eigenvalue weighted by molar-refractivity contribution is 0.140. The summed E-state index contributed by atoms with van der Waals surface area (Å²) in [6.45, 7) is 4.90. The lowest BCUT2D eigenvalue weighted by Crippen LogP contribution is -2.48. The third kappa shape index (κ3) is 4.96. The molecule has 0 atom stereocenters. The number of benzene rings is 2. The summed E-state index contributed by atoms with van der Waals surface area (Å²) >= 11 is 1.58. The molecule has 172 valence electrons. The highest BCUT2D eigenvalue weighted by atomic mass is 32.2. The highest BCUT2D eigenvalue weighted by molar-refractivity contribution is 7.90. The first-order valence-electron chi connectivity index (χ1n) is 10.9. The quantitative estimate of drug-likeness (QED) is 0.577. The summed E-state index contributed by atoms with van der Waals surface area (Å²) in [6, 6.07) is 17.6. The van der Waals surface area contributed by atoms with Crippen molar-refractivity contribution in [3.63, 3.8) is 0 Å². The van der Waals surface area contributed by atoms with Crippen LogP contribution < -0.4 is 10.1 Å². The Morgan fingerprint density at radius 2 is 1.79 bits per heavy atom. The molecule has 9 heteroatoms. The Kier molecular flexibility index (Phi) is 6.20. The summed E-state index contributed by atoms with van der Waals surface area (Å²) in [5.41, 5.74) is 2.71. The van der Waals surface area contributed by atoms with Gasteiger partial charge >= 0.3 is 0 Å². The molecule has 2 aliphatic heterocycles. The molecule has 1 fully saturated rings. The van der Waals surface area contributed by atoms with Gasteiger partial charge < -0.3 is 10.1 Å². The fourth-order valence-corrected chi connectivity index (χ4v) is 6.11. The van der Waals surface area contributed by atoms with Crippen molar-refractivity contribution in [3.8, 4) is 16.2 Å². The first-order valence-corrected chi connectivity index (χ1v) is 13.2. The smallest absolute Gasteiger partial charge is 0.286 e. The van der Waals surface area contributed by atoms with E-state index in [1.54, 1.807) is 24.5 Å². The van der Waals surface area contributed by atoms with Crippen molar-refractivity contribution in [1.82, 2.24) is 9.80 Å². The van der Waals surface area contributed by atoms with Gasteiger partial charge in [-0.15, -0.1) is 15.7 Å². The van der Waals surface area contributed by atoms with Crippen molar-refractivity contribution in [2.45, 2.75) is 11.4 Å². The van der Waals surface area contributed by atoms with Crippen molar-refractivity contribution in [2.24, 2.45) is 4.40 Å². The van der Waals surface area contributed by atoms with Gasteiger partial charge in [0.25, 0.3) is 10.0 Å². The molecule has 1 N–H and O–H groups in total. The van der Waals surface area contributed by atoms with Crippen LogP contribution in [-0.2, 0) is 16.6 Å². The Morgan fingerprint density at radius 1 is 1.00 bits per heavy atom. The van der Waals surface area contributed by atoms with E-state index in [1.807, 2.05) is 41.8 Å². The molecular weight excluding hydrogens is 456 g/mol. The van der Waals surface area contributed by atoms with Gasteiger partial charge in [-0.1, -0.05) is 24.3 Å². The number of hydrogen-bond acceptors (Lipinski definition) is 7. The fourth-order valence-electron chi connectivity index (χ4n) is 4.22. The molecular formula is C24H26N4O3S2. The molecule has 0 amide bonds. The number of sulfonamides is 1. The van der Waals surface area contributed by atoms with E-state index in [2.05, 4.69) is 31.6 Å². The van der Waals surface area contributed by atoms with E-state index in [-0.39, 0.29) is 4.90 Å². The Morgan fingerprint density at radius 3 is 2.52 bits per heavy atom. The normalized spacial score (nSPS) is 18.3. The number of fused-ring (bicyclic) bond motifs is 1. The largest absolute Gasteiger partial charge is 0.497 e. The van der Waals surface area contributed by atoms with E-state index in [0.29, 0.717) is 18.1 Å². The van der Waals surface area contributed by atoms with Gasteiger partial charge in [-0.2, -0.15) is 8.42 Å². The molecule has 0 aliphatic carbocycles. The highest BCUT2D eigenvalue weighted by Crippen LogP contribution is 2.33. The number of rotatable bonds is 6. The number of hydrogen-bond donors (Lipinski definition) is 1. The van der Waals surface area contributed by atoms with Gasteiger partial charge in [-0.05, 0) is 46.8 Å². The molecule has 1 saturated heterocycles. The molecule has 1 aromatic heterocycles. The zero-order valence-corrected chi connectivity index (χ0v) is 20.0. The van der Waals surface area contributed by atoms with Gasteiger partial charge in [0.1, 0.15) is 16.5 Å². The van der Waals surface area contributed by atoms with Gasteiger partial charge in [0.2, 0.25) is 0 Å². The molecule has 0 saturated carbocycles. The van der Waals surface area contributed by atoms with Crippen LogP contribution in [0.25, 0.3) is 10.4 Å². The zero-order valence-electron chi connectivity index (χ0n) is 18.4. The topological polar surface area (TPSA) is 74.2 Å². The predicted octanol–water partition coefficient (Wildman–Crippen LogP) is 3.75. The van der Waals surface area contributed by atoms with Crippen molar-refractivity contribution in [3.05, 3.63) is 65.5 Å². The van der Waals surface area contributed by atoms with E-state index in [0.717, 1.165) is 48.9 Å². The van der Waals surface area contributed by atoms with Gasteiger partial charge in [-0.3, -0.25) is 9.80 Å². The maximum absolute atomic E-state index is 12.9. The van der Waals surface area contributed by atoms with Crippen LogP contribution in [0.5, 0.6) is 5.75 Å². The molecule has 5 rings (SSSR count). The maximum Gasteiger partial charge on any atom is 0.286 e. The molecule has 3 aromatic rings. The van der Waals surface area contributed by atoms with Gasteiger partial charge in [-0.25, -0.2) is 0 Å². The minimum Gasteiger partial charge on any atom is -0.497 e. The minimum atomic E-state index is -3.73. The molecule has 3 heterocycles. The van der Waals surface area contributed by atoms with E-state index in [9.17, 15) is 8.42 Å². The Balaban J connectivity index is 1.22. The second-order valence-electron chi connectivity index (χ2n) is 8.23. The van der Waals surface area contributed by atoms with Gasteiger partial charge in [0.05, 0.1) is 19.3 Å². The monoisotopic (exact) mass is 482 g/mol. The van der Waals surface area contributed by atoms with Crippen molar-refractivity contribution in [2.75, 3.05) is 45.2 Å². The minimum absolute atomic E-state index is 0.236. The average Bonchev–Trinajstić information content (AvgIpc) is 3.35. The summed E-state index contributed by atoms with van der Waals surface area (Å²) < 4.78 is 35.2. The fraction of sp³-hybridized carbons (Fsp3) is 0.292. The summed E-state index contributed by atoms with van der Waals surface area (Å²) in [5, 5.41) is 5.22. The van der Waals surface area contributed by atoms with Crippen LogP contribution in [0.15, 0.2) is 69.3 Å². The molecule has 7 nitrogen and oxygen atoms in total. The second-order valence-corrected chi connectivity index (χ2v) is 10.8. The van der Waals surface area contributed by atoms with E-state index in [1.165, 1.54) is 5.56 Å². The van der Waals surface area contributed by atoms with Crippen LogP contribution >= 0.6 is 11.3 Å². The van der Waals surface area contributed by atoms with Gasteiger partial charge in [0.15, 0.2) is 0 Å². The van der Waals surface area contributed by atoms with Crippen molar-refractivity contribution in [1.29, 1.82) is 0 Å². The zero-order chi connectivity index (χ0) is 22.8. The van der Waals surface area contributed by atoms with Crippen LogP contribution in [0.3, 0.4) is 0 Å². The standard InChI is InChI=1S/C24H26N4O3S2/c1-31-20-5-2-4-18(14-20)16-27-9-11-28(12-10-27)17-24-25-21-8-7-19(22-6-3-13-32-22)15-23(21)33(29,30)26-24/h2-8,13-15H,9-12,16-17H2,1H3,(H,25,26). The first kappa shape index (κ1) is 22.1. The number of amidine groups is 1. The number of piperazine rings is 1. The summed E-state index contributed by atoms with van der Waals surface area (Å²) in [4.78, 5) is 5.92. The number of anilines is 1. The first-order chi connectivity index (χ1) is 16.0. The molecule has 0 unspecified atom stereocenters. The predicted molar refractivity (Wildman–Crippen MR) is 133 cm³/mol. The Labute approximate surface area is 198 Å². The maximum atomic E-state index is 12.9. The van der Waals surface area contributed by atoms with E-state index < -0.39 is 10.0 Å². The summed E-state index contributed by atoms with van der Waals surface area (Å²) in [7, 11) is -2.05. The molecule has 0 radical (unpaired) electrons. The molecule has 2 aliphatic rings. The highest BCUT2D eigenvalue weighted by Gasteiger charge is 2.27. The molecule has 33 heavy (non-hydrogen) atoms. The number of ether oxygens (including phenoxy) is 1. The number of nitrogens with zero attached hydrogens (tertiary/aromatic N) is 3. The van der Waals surface area contributed by atoms with Crippen molar-refractivity contribution >= 4 is 32.9 Å². The summed E-state index contributed by atoms with van der Waals surface area (Å²) in [6.07, 6.45) is 0. The molecule has 2 aromatic carbocycles. The van der Waals surface area contributed by atoms with Gasteiger partial charge in [0, 0.05) is 37.6 Å². The SMILES string of the molecule is COc1cccc(CN2CCN(CC3=NS(=O)(=O)c4cc(-c5cccs5)ccc4N3)CC2)c1. The third-order valence-corrected chi connectivity index (χ3v) is 8.23. The van der Waals surface area contributed by atoms with Crippen LogP contribution in [0.1, 0.15) is 5.56 Å². The third-order valence-electron chi connectivity index (χ3n) is 5.95. The molecule has 0 bridgehead atoms. The number of methoxy groups -OCH3 is 1. The lowest BCUT2D eigenvalue weighted by atomic mass is 10.1. The van der Waals surface area contributed by atoms with Crippen LogP contribution in [0.4, 0.5) is 5.69 Å².